The van der Waals surface area contributed by atoms with Crippen LogP contribution in [-0.4, -0.2) is 24.4 Å². The van der Waals surface area contributed by atoms with Crippen LogP contribution in [0.1, 0.15) is 26.7 Å². The number of carbonyl (C=O) groups is 2. The van der Waals surface area contributed by atoms with Crippen LogP contribution in [0.3, 0.4) is 0 Å². The second-order valence-electron chi connectivity index (χ2n) is 5.59. The normalized spacial score (nSPS) is 21.6. The zero-order valence-corrected chi connectivity index (χ0v) is 13.2. The topological polar surface area (TPSA) is 40.6 Å². The highest BCUT2D eigenvalue weighted by molar-refractivity contribution is 9.10. The molecule has 4 nitrogen and oxygen atoms in total. The van der Waals surface area contributed by atoms with E-state index in [9.17, 15) is 9.59 Å². The molecule has 1 heterocycles. The summed E-state index contributed by atoms with van der Waals surface area (Å²) in [7, 11) is 0. The second kappa shape index (κ2) is 4.88. The largest absolute Gasteiger partial charge is 0.308 e. The van der Waals surface area contributed by atoms with Crippen molar-refractivity contribution in [2.24, 2.45) is 5.92 Å². The van der Waals surface area contributed by atoms with Gasteiger partial charge in [-0.15, -0.1) is 0 Å². The number of anilines is 2. The Balaban J connectivity index is 2.07. The first kappa shape index (κ1) is 13.6. The molecule has 0 saturated heterocycles. The van der Waals surface area contributed by atoms with Crippen molar-refractivity contribution in [3.05, 3.63) is 22.7 Å². The number of rotatable bonds is 1. The van der Waals surface area contributed by atoms with Gasteiger partial charge in [0.2, 0.25) is 11.8 Å². The Morgan fingerprint density at radius 2 is 1.95 bits per heavy atom. The van der Waals surface area contributed by atoms with Gasteiger partial charge in [0, 0.05) is 23.9 Å². The van der Waals surface area contributed by atoms with E-state index in [1.165, 1.54) is 0 Å². The maximum Gasteiger partial charge on any atom is 0.230 e. The summed E-state index contributed by atoms with van der Waals surface area (Å²) in [5, 5.41) is 0. The average Bonchev–Trinajstić information content (AvgIpc) is 3.21. The molecule has 0 N–H and O–H groups in total. The molecule has 1 fully saturated rings. The van der Waals surface area contributed by atoms with Crippen LogP contribution in [0.2, 0.25) is 0 Å². The molecule has 1 saturated carbocycles. The minimum atomic E-state index is 0.00359. The molecule has 1 aromatic rings. The summed E-state index contributed by atoms with van der Waals surface area (Å²) >= 11 is 3.45. The van der Waals surface area contributed by atoms with Crippen molar-refractivity contribution in [3.8, 4) is 0 Å². The van der Waals surface area contributed by atoms with Crippen LogP contribution in [0.4, 0.5) is 11.4 Å². The van der Waals surface area contributed by atoms with Gasteiger partial charge < -0.3 is 9.80 Å². The van der Waals surface area contributed by atoms with Gasteiger partial charge >= 0.3 is 0 Å². The van der Waals surface area contributed by atoms with Crippen LogP contribution in [0.15, 0.2) is 22.7 Å². The predicted octanol–water partition coefficient (Wildman–Crippen LogP) is 2.95. The molecule has 0 radical (unpaired) electrons. The first-order chi connectivity index (χ1) is 9.49. The molecule has 106 valence electrons. The van der Waals surface area contributed by atoms with Crippen molar-refractivity contribution in [1.29, 1.82) is 0 Å². The van der Waals surface area contributed by atoms with Gasteiger partial charge in [0.1, 0.15) is 0 Å². The van der Waals surface area contributed by atoms with Crippen molar-refractivity contribution < 1.29 is 9.59 Å². The Bertz CT molecular complexity index is 583. The molecule has 3 rings (SSSR count). The summed E-state index contributed by atoms with van der Waals surface area (Å²) in [5.74, 6) is 0.386. The van der Waals surface area contributed by atoms with E-state index < -0.39 is 0 Å². The average molecular weight is 337 g/mol. The van der Waals surface area contributed by atoms with Crippen molar-refractivity contribution in [1.82, 2.24) is 0 Å². The van der Waals surface area contributed by atoms with Crippen LogP contribution < -0.4 is 9.80 Å². The SMILES string of the molecule is CC(=O)N1c2ccc(Br)cc2N(C(=O)C2CC2)C[C@@H]1C. The van der Waals surface area contributed by atoms with Gasteiger partial charge in [0.25, 0.3) is 0 Å². The van der Waals surface area contributed by atoms with Gasteiger partial charge in [-0.25, -0.2) is 0 Å². The standard InChI is InChI=1S/C15H17BrN2O2/c1-9-8-17(15(20)11-3-4-11)14-7-12(16)5-6-13(14)18(9)10(2)19/h5-7,9,11H,3-4,8H2,1-2H3/t9-/m0/s1. The smallest absolute Gasteiger partial charge is 0.230 e. The lowest BCUT2D eigenvalue weighted by Gasteiger charge is -2.41. The third-order valence-electron chi connectivity index (χ3n) is 3.91. The number of nitrogens with zero attached hydrogens (tertiary/aromatic N) is 2. The Hall–Kier alpha value is -1.36. The van der Waals surface area contributed by atoms with E-state index in [1.807, 2.05) is 30.0 Å². The molecular formula is C15H17BrN2O2. The molecule has 2 aliphatic rings. The Morgan fingerprint density at radius 3 is 2.55 bits per heavy atom. The summed E-state index contributed by atoms with van der Waals surface area (Å²) in [5.41, 5.74) is 1.66. The summed E-state index contributed by atoms with van der Waals surface area (Å²) < 4.78 is 0.919. The van der Waals surface area contributed by atoms with Gasteiger partial charge in [0.15, 0.2) is 0 Å². The fourth-order valence-corrected chi connectivity index (χ4v) is 3.19. The van der Waals surface area contributed by atoms with Gasteiger partial charge in [-0.05, 0) is 38.0 Å². The first-order valence-corrected chi connectivity index (χ1v) is 7.69. The molecule has 1 aliphatic carbocycles. The van der Waals surface area contributed by atoms with E-state index >= 15 is 0 Å². The minimum Gasteiger partial charge on any atom is -0.308 e. The third kappa shape index (κ3) is 2.24. The predicted molar refractivity (Wildman–Crippen MR) is 81.8 cm³/mol. The first-order valence-electron chi connectivity index (χ1n) is 6.89. The number of carbonyl (C=O) groups excluding carboxylic acids is 2. The Kier molecular flexibility index (Phi) is 3.32. The second-order valence-corrected chi connectivity index (χ2v) is 6.51. The molecule has 20 heavy (non-hydrogen) atoms. The van der Waals surface area contributed by atoms with E-state index in [0.29, 0.717) is 6.54 Å². The molecule has 0 spiro atoms. The number of hydrogen-bond acceptors (Lipinski definition) is 2. The number of benzene rings is 1. The Labute approximate surface area is 126 Å². The van der Waals surface area contributed by atoms with Crippen molar-refractivity contribution in [3.63, 3.8) is 0 Å². The lowest BCUT2D eigenvalue weighted by molar-refractivity contribution is -0.120. The molecule has 5 heteroatoms. The molecule has 1 aliphatic heterocycles. The van der Waals surface area contributed by atoms with Gasteiger partial charge in [-0.2, -0.15) is 0 Å². The molecular weight excluding hydrogens is 320 g/mol. The number of fused-ring (bicyclic) bond motifs is 1. The highest BCUT2D eigenvalue weighted by atomic mass is 79.9. The van der Waals surface area contributed by atoms with E-state index in [4.69, 9.17) is 0 Å². The monoisotopic (exact) mass is 336 g/mol. The number of halogens is 1. The van der Waals surface area contributed by atoms with E-state index in [2.05, 4.69) is 15.9 Å². The van der Waals surface area contributed by atoms with Crippen LogP contribution >= 0.6 is 15.9 Å². The van der Waals surface area contributed by atoms with E-state index in [0.717, 1.165) is 28.7 Å². The number of hydrogen-bond donors (Lipinski definition) is 0. The summed E-state index contributed by atoms with van der Waals surface area (Å²) in [6.45, 7) is 4.12. The Morgan fingerprint density at radius 1 is 1.25 bits per heavy atom. The van der Waals surface area contributed by atoms with Crippen LogP contribution in [-0.2, 0) is 9.59 Å². The maximum absolute atomic E-state index is 12.5. The van der Waals surface area contributed by atoms with Crippen molar-refractivity contribution in [2.45, 2.75) is 32.7 Å². The molecule has 1 atom stereocenters. The third-order valence-corrected chi connectivity index (χ3v) is 4.40. The fraction of sp³-hybridized carbons (Fsp3) is 0.467. The maximum atomic E-state index is 12.5. The molecule has 0 bridgehead atoms. The summed E-state index contributed by atoms with van der Waals surface area (Å²) in [6.07, 6.45) is 1.98. The quantitative estimate of drug-likeness (QED) is 0.791. The van der Waals surface area contributed by atoms with Crippen molar-refractivity contribution in [2.75, 3.05) is 16.3 Å². The van der Waals surface area contributed by atoms with Crippen molar-refractivity contribution >= 4 is 39.1 Å². The zero-order chi connectivity index (χ0) is 14.4. The zero-order valence-electron chi connectivity index (χ0n) is 11.6. The van der Waals surface area contributed by atoms with Crippen LogP contribution in [0, 0.1) is 5.92 Å². The molecule has 1 aromatic carbocycles. The molecule has 0 unspecified atom stereocenters. The van der Waals surface area contributed by atoms with Gasteiger partial charge in [0.05, 0.1) is 17.4 Å². The van der Waals surface area contributed by atoms with Gasteiger partial charge in [-0.1, -0.05) is 15.9 Å². The highest BCUT2D eigenvalue weighted by Gasteiger charge is 2.39. The minimum absolute atomic E-state index is 0.00359. The molecule has 2 amide bonds. The highest BCUT2D eigenvalue weighted by Crippen LogP contribution is 2.41. The lowest BCUT2D eigenvalue weighted by atomic mass is 10.1. The fourth-order valence-electron chi connectivity index (χ4n) is 2.84. The summed E-state index contributed by atoms with van der Waals surface area (Å²) in [6, 6.07) is 5.75. The van der Waals surface area contributed by atoms with E-state index in [-0.39, 0.29) is 23.8 Å². The molecule has 0 aromatic heterocycles. The van der Waals surface area contributed by atoms with Gasteiger partial charge in [-0.3, -0.25) is 9.59 Å². The van der Waals surface area contributed by atoms with Crippen LogP contribution in [0.5, 0.6) is 0 Å². The number of amides is 2. The van der Waals surface area contributed by atoms with E-state index in [1.54, 1.807) is 11.8 Å². The lowest BCUT2D eigenvalue weighted by Crippen LogP contribution is -2.51. The summed E-state index contributed by atoms with van der Waals surface area (Å²) in [4.78, 5) is 28.0. The van der Waals surface area contributed by atoms with Crippen LogP contribution in [0.25, 0.3) is 0 Å².